The van der Waals surface area contributed by atoms with Crippen LogP contribution in [0.25, 0.3) is 0 Å². The topological polar surface area (TPSA) is 15.7 Å². The highest BCUT2D eigenvalue weighted by molar-refractivity contribution is 5.39. The third-order valence-electron chi connectivity index (χ3n) is 7.97. The zero-order chi connectivity index (χ0) is 28.5. The lowest BCUT2D eigenvalue weighted by Crippen LogP contribution is -2.51. The molecule has 1 saturated heterocycles. The molecule has 40 heavy (non-hydrogen) atoms. The lowest BCUT2D eigenvalue weighted by atomic mass is 9.94. The molecule has 3 aromatic carbocycles. The average Bonchev–Trinajstić information content (AvgIpc) is 3.37. The number of benzene rings is 3. The zero-order valence-electron chi connectivity index (χ0n) is 22.1. The van der Waals surface area contributed by atoms with Crippen LogP contribution in [0.5, 0.6) is 5.75 Å². The van der Waals surface area contributed by atoms with Crippen molar-refractivity contribution in [1.82, 2.24) is 9.80 Å². The molecule has 0 amide bonds. The Kier molecular flexibility index (Phi) is 8.15. The van der Waals surface area contributed by atoms with E-state index >= 15 is 0 Å². The summed E-state index contributed by atoms with van der Waals surface area (Å²) in [7, 11) is 1.55. The highest BCUT2D eigenvalue weighted by Crippen LogP contribution is 2.38. The highest BCUT2D eigenvalue weighted by Gasteiger charge is 2.37. The lowest BCUT2D eigenvalue weighted by molar-refractivity contribution is -0.143. The summed E-state index contributed by atoms with van der Waals surface area (Å²) in [5.41, 5.74) is 0.958. The molecule has 3 aromatic rings. The average molecular weight is 562 g/mol. The molecule has 5 rings (SSSR count). The molecule has 1 heterocycles. The van der Waals surface area contributed by atoms with Gasteiger partial charge >= 0.3 is 12.4 Å². The van der Waals surface area contributed by atoms with E-state index in [1.165, 1.54) is 11.1 Å². The second-order valence-corrected chi connectivity index (χ2v) is 10.4. The highest BCUT2D eigenvalue weighted by atomic mass is 19.4. The van der Waals surface area contributed by atoms with Crippen LogP contribution in [0.2, 0.25) is 0 Å². The van der Waals surface area contributed by atoms with Crippen LogP contribution in [0.15, 0.2) is 66.7 Å². The first-order valence-corrected chi connectivity index (χ1v) is 13.3. The minimum atomic E-state index is -4.88. The van der Waals surface area contributed by atoms with Crippen molar-refractivity contribution < 1.29 is 31.1 Å². The van der Waals surface area contributed by atoms with Crippen molar-refractivity contribution in [1.29, 1.82) is 0 Å². The molecule has 1 fully saturated rings. The summed E-state index contributed by atoms with van der Waals surface area (Å²) in [5.74, 6) is 0.623. The van der Waals surface area contributed by atoms with Crippen LogP contribution in [-0.4, -0.2) is 49.1 Å². The molecule has 9 heteroatoms. The monoisotopic (exact) mass is 561 g/mol. The Morgan fingerprint density at radius 3 is 1.90 bits per heavy atom. The largest absolute Gasteiger partial charge is 0.496 e. The summed E-state index contributed by atoms with van der Waals surface area (Å²) in [6.45, 7) is 3.06. The van der Waals surface area contributed by atoms with E-state index in [9.17, 15) is 26.3 Å². The first-order chi connectivity index (χ1) is 19.0. The van der Waals surface area contributed by atoms with Crippen molar-refractivity contribution in [3.05, 3.63) is 107 Å². The van der Waals surface area contributed by atoms with Gasteiger partial charge in [0, 0.05) is 43.8 Å². The Hall–Kier alpha value is -3.04. The number of hydrogen-bond donors (Lipinski definition) is 0. The summed E-state index contributed by atoms with van der Waals surface area (Å²) in [5, 5.41) is 0. The van der Waals surface area contributed by atoms with E-state index in [4.69, 9.17) is 4.74 Å². The van der Waals surface area contributed by atoms with Crippen LogP contribution in [-0.2, 0) is 31.6 Å². The summed E-state index contributed by atoms with van der Waals surface area (Å²) in [6.07, 6.45) is -6.00. The van der Waals surface area contributed by atoms with Gasteiger partial charge in [-0.25, -0.2) is 0 Å². The van der Waals surface area contributed by atoms with Crippen LogP contribution in [0, 0.1) is 6.42 Å². The molecule has 1 aliphatic heterocycles. The number of para-hydroxylation sites is 1. The molecule has 2 aliphatic rings. The molecule has 0 N–H and O–H groups in total. The fourth-order valence-electron chi connectivity index (χ4n) is 5.94. The Balaban J connectivity index is 1.35. The predicted octanol–water partition coefficient (Wildman–Crippen LogP) is 7.01. The van der Waals surface area contributed by atoms with Crippen molar-refractivity contribution in [2.75, 3.05) is 33.3 Å². The number of fused-ring (bicyclic) bond motifs is 1. The minimum absolute atomic E-state index is 0.0376. The maximum Gasteiger partial charge on any atom is 0.416 e. The van der Waals surface area contributed by atoms with E-state index in [1.54, 1.807) is 13.5 Å². The van der Waals surface area contributed by atoms with Gasteiger partial charge in [0.15, 0.2) is 0 Å². The third-order valence-corrected chi connectivity index (χ3v) is 7.97. The maximum absolute atomic E-state index is 13.4. The van der Waals surface area contributed by atoms with Crippen molar-refractivity contribution in [2.45, 2.75) is 43.7 Å². The number of piperazine rings is 1. The minimum Gasteiger partial charge on any atom is -0.496 e. The third kappa shape index (κ3) is 6.31. The molecule has 0 saturated carbocycles. The second kappa shape index (κ2) is 11.4. The van der Waals surface area contributed by atoms with Gasteiger partial charge in [0.05, 0.1) is 18.2 Å². The molecule has 0 aromatic heterocycles. The first-order valence-electron chi connectivity index (χ1n) is 13.3. The van der Waals surface area contributed by atoms with Crippen LogP contribution < -0.4 is 4.74 Å². The van der Waals surface area contributed by atoms with Gasteiger partial charge in [-0.3, -0.25) is 9.80 Å². The second-order valence-electron chi connectivity index (χ2n) is 10.4. The van der Waals surface area contributed by atoms with Crippen LogP contribution in [0.1, 0.15) is 39.4 Å². The molecule has 213 valence electrons. The molecule has 1 unspecified atom stereocenters. The number of alkyl halides is 6. The molecule has 0 spiro atoms. The summed E-state index contributed by atoms with van der Waals surface area (Å²) in [6, 6.07) is 17.7. The SMILES string of the molecule is COc1ccccc1C([CH]Cc1cc(C(F)(F)F)cc(C(F)(F)F)c1)N1CCN(C2Cc3ccccc3C2)CC1. The van der Waals surface area contributed by atoms with Crippen molar-refractivity contribution in [3.63, 3.8) is 0 Å². The van der Waals surface area contributed by atoms with Crippen molar-refractivity contribution >= 4 is 0 Å². The Morgan fingerprint density at radius 1 is 0.800 bits per heavy atom. The maximum atomic E-state index is 13.4. The van der Waals surface area contributed by atoms with E-state index in [0.717, 1.165) is 43.6 Å². The van der Waals surface area contributed by atoms with Gasteiger partial charge in [0.25, 0.3) is 0 Å². The number of rotatable bonds is 7. The van der Waals surface area contributed by atoms with E-state index in [2.05, 4.69) is 34.1 Å². The lowest BCUT2D eigenvalue weighted by Gasteiger charge is -2.42. The van der Waals surface area contributed by atoms with Gasteiger partial charge in [-0.05, 0) is 66.6 Å². The van der Waals surface area contributed by atoms with Gasteiger partial charge < -0.3 is 4.74 Å². The fraction of sp³-hybridized carbons (Fsp3) is 0.387. The molecular formula is C31H31F6N2O. The quantitative estimate of drug-likeness (QED) is 0.289. The number of halogens is 6. The summed E-state index contributed by atoms with van der Waals surface area (Å²) >= 11 is 0. The fourth-order valence-corrected chi connectivity index (χ4v) is 5.94. The molecule has 1 radical (unpaired) electrons. The number of ether oxygens (including phenoxy) is 1. The van der Waals surface area contributed by atoms with E-state index in [0.29, 0.717) is 24.9 Å². The van der Waals surface area contributed by atoms with Crippen molar-refractivity contribution in [3.8, 4) is 5.75 Å². The standard InChI is InChI=1S/C31H31F6N2O/c1-40-29-9-5-4-8-27(29)28(11-10-21-16-24(30(32,33)34)20-25(17-21)31(35,36)37)39-14-12-38(13-15-39)26-18-22-6-2-3-7-23(22)19-26/h2-9,11,16-17,20,26,28H,10,12-15,18-19H2,1H3. The van der Waals surface area contributed by atoms with Gasteiger partial charge in [0.1, 0.15) is 5.75 Å². The van der Waals surface area contributed by atoms with Gasteiger partial charge in [-0.1, -0.05) is 42.5 Å². The molecule has 1 aliphatic carbocycles. The Labute approximate surface area is 230 Å². The molecule has 3 nitrogen and oxygen atoms in total. The van der Waals surface area contributed by atoms with E-state index in [-0.39, 0.29) is 24.1 Å². The van der Waals surface area contributed by atoms with Gasteiger partial charge in [0.2, 0.25) is 0 Å². The van der Waals surface area contributed by atoms with Crippen LogP contribution in [0.4, 0.5) is 26.3 Å². The summed E-state index contributed by atoms with van der Waals surface area (Å²) < 4.78 is 86.2. The first kappa shape index (κ1) is 28.5. The van der Waals surface area contributed by atoms with Gasteiger partial charge in [-0.2, -0.15) is 26.3 Å². The van der Waals surface area contributed by atoms with E-state index in [1.807, 2.05) is 24.3 Å². The van der Waals surface area contributed by atoms with Gasteiger partial charge in [-0.15, -0.1) is 0 Å². The molecule has 0 bridgehead atoms. The number of methoxy groups -OCH3 is 1. The predicted molar refractivity (Wildman–Crippen MR) is 141 cm³/mol. The smallest absolute Gasteiger partial charge is 0.416 e. The number of hydrogen-bond acceptors (Lipinski definition) is 3. The van der Waals surface area contributed by atoms with E-state index < -0.39 is 23.5 Å². The summed E-state index contributed by atoms with van der Waals surface area (Å²) in [4.78, 5) is 4.72. The normalized spacial score (nSPS) is 18.1. The Morgan fingerprint density at radius 2 is 1.35 bits per heavy atom. The van der Waals surface area contributed by atoms with Crippen molar-refractivity contribution in [2.24, 2.45) is 0 Å². The molecule has 1 atom stereocenters. The zero-order valence-corrected chi connectivity index (χ0v) is 22.1. The molecular weight excluding hydrogens is 530 g/mol. The van der Waals surface area contributed by atoms with Crippen LogP contribution in [0.3, 0.4) is 0 Å². The number of nitrogens with zero attached hydrogens (tertiary/aromatic N) is 2. The Bertz CT molecular complexity index is 1260. The van der Waals surface area contributed by atoms with Crippen LogP contribution >= 0.6 is 0 Å².